The molecule has 0 spiro atoms. The number of aromatic nitrogens is 1. The van der Waals surface area contributed by atoms with Gasteiger partial charge in [-0.1, -0.05) is 12.1 Å². The van der Waals surface area contributed by atoms with Crippen LogP contribution in [0, 0.1) is 0 Å². The molecule has 0 fully saturated rings. The summed E-state index contributed by atoms with van der Waals surface area (Å²) < 4.78 is 1.22. The number of para-hydroxylation sites is 1. The second-order valence-electron chi connectivity index (χ2n) is 2.28. The van der Waals surface area contributed by atoms with Crippen molar-refractivity contribution in [3.8, 4) is 0 Å². The molecule has 2 rings (SSSR count). The van der Waals surface area contributed by atoms with Crippen LogP contribution in [0.4, 0.5) is 0 Å². The van der Waals surface area contributed by atoms with Crippen molar-refractivity contribution < 1.29 is 12.4 Å². The lowest BCUT2D eigenvalue weighted by molar-refractivity contribution is -0.00000224. The quantitative estimate of drug-likeness (QED) is 0.624. The maximum Gasteiger partial charge on any atom is 0.107 e. The third-order valence-electron chi connectivity index (χ3n) is 1.51. The molecule has 2 N–H and O–H groups in total. The summed E-state index contributed by atoms with van der Waals surface area (Å²) in [4.78, 5) is 4.32. The first-order valence-corrected chi connectivity index (χ1v) is 4.26. The van der Waals surface area contributed by atoms with Crippen LogP contribution in [-0.2, 0) is 6.54 Å². The third-order valence-corrected chi connectivity index (χ3v) is 2.57. The van der Waals surface area contributed by atoms with E-state index in [9.17, 15) is 0 Å². The SMILES string of the molecule is NCc1nc2ccccc2s1.[Cl-]. The molecular weight excluding hydrogens is 192 g/mol. The summed E-state index contributed by atoms with van der Waals surface area (Å²) in [5.74, 6) is 0. The molecule has 1 heterocycles. The van der Waals surface area contributed by atoms with Crippen molar-refractivity contribution in [2.75, 3.05) is 0 Å². The van der Waals surface area contributed by atoms with Crippen LogP contribution in [0.5, 0.6) is 0 Å². The average molecular weight is 200 g/mol. The minimum absolute atomic E-state index is 0. The van der Waals surface area contributed by atoms with Crippen molar-refractivity contribution in [3.05, 3.63) is 29.3 Å². The first-order chi connectivity index (χ1) is 5.40. The van der Waals surface area contributed by atoms with E-state index in [-0.39, 0.29) is 12.4 Å². The molecule has 0 radical (unpaired) electrons. The minimum Gasteiger partial charge on any atom is -1.00 e. The normalized spacial score (nSPS) is 9.75. The molecule has 2 nitrogen and oxygen atoms in total. The van der Waals surface area contributed by atoms with Crippen LogP contribution in [0.15, 0.2) is 24.3 Å². The van der Waals surface area contributed by atoms with Crippen LogP contribution >= 0.6 is 11.3 Å². The van der Waals surface area contributed by atoms with Gasteiger partial charge in [-0.15, -0.1) is 11.3 Å². The van der Waals surface area contributed by atoms with Gasteiger partial charge in [0.15, 0.2) is 0 Å². The number of nitrogens with zero attached hydrogens (tertiary/aromatic N) is 1. The van der Waals surface area contributed by atoms with Gasteiger partial charge in [-0.05, 0) is 12.1 Å². The number of rotatable bonds is 1. The molecule has 0 amide bonds. The highest BCUT2D eigenvalue weighted by Crippen LogP contribution is 2.20. The highest BCUT2D eigenvalue weighted by atomic mass is 35.5. The van der Waals surface area contributed by atoms with Gasteiger partial charge >= 0.3 is 0 Å². The van der Waals surface area contributed by atoms with E-state index in [2.05, 4.69) is 11.1 Å². The van der Waals surface area contributed by atoms with Crippen molar-refractivity contribution in [2.45, 2.75) is 6.54 Å². The summed E-state index contributed by atoms with van der Waals surface area (Å²) in [6.45, 7) is 0.541. The Bertz CT molecular complexity index is 339. The maximum atomic E-state index is 5.46. The van der Waals surface area contributed by atoms with Gasteiger partial charge in [-0.3, -0.25) is 0 Å². The zero-order chi connectivity index (χ0) is 7.68. The molecular formula is C8H8ClN2S-. The lowest BCUT2D eigenvalue weighted by Crippen LogP contribution is -3.00. The molecule has 64 valence electrons. The van der Waals surface area contributed by atoms with Gasteiger partial charge in [-0.25, -0.2) is 4.98 Å². The Balaban J connectivity index is 0.000000720. The fraction of sp³-hybridized carbons (Fsp3) is 0.125. The van der Waals surface area contributed by atoms with E-state index in [1.165, 1.54) is 4.70 Å². The summed E-state index contributed by atoms with van der Waals surface area (Å²) in [7, 11) is 0. The Morgan fingerprint density at radius 1 is 1.33 bits per heavy atom. The Hall–Kier alpha value is -0.640. The smallest absolute Gasteiger partial charge is 0.107 e. The first kappa shape index (κ1) is 9.45. The molecule has 2 aromatic rings. The van der Waals surface area contributed by atoms with Gasteiger partial charge in [0.05, 0.1) is 10.2 Å². The standard InChI is InChI=1S/C8H8N2S.ClH/c9-5-8-10-6-3-1-2-4-7(6)11-8;/h1-4H,5,9H2;1H/p-1. The van der Waals surface area contributed by atoms with Crippen molar-refractivity contribution in [3.63, 3.8) is 0 Å². The molecule has 12 heavy (non-hydrogen) atoms. The Kier molecular flexibility index (Phi) is 3.03. The minimum atomic E-state index is 0. The van der Waals surface area contributed by atoms with Crippen LogP contribution in [0.1, 0.15) is 5.01 Å². The number of halogens is 1. The van der Waals surface area contributed by atoms with Gasteiger partial charge in [0.1, 0.15) is 5.01 Å². The zero-order valence-electron chi connectivity index (χ0n) is 6.33. The third kappa shape index (κ3) is 1.58. The molecule has 0 atom stereocenters. The second kappa shape index (κ2) is 3.85. The van der Waals surface area contributed by atoms with Crippen LogP contribution in [-0.4, -0.2) is 4.98 Å². The molecule has 0 aliphatic rings. The number of hydrogen-bond acceptors (Lipinski definition) is 3. The lowest BCUT2D eigenvalue weighted by Gasteiger charge is -1.80. The summed E-state index contributed by atoms with van der Waals surface area (Å²) in [6.07, 6.45) is 0. The molecule has 0 unspecified atom stereocenters. The molecule has 1 aromatic carbocycles. The maximum absolute atomic E-state index is 5.46. The molecule has 0 saturated heterocycles. The van der Waals surface area contributed by atoms with E-state index in [0.29, 0.717) is 6.54 Å². The molecule has 0 aliphatic heterocycles. The zero-order valence-corrected chi connectivity index (χ0v) is 7.90. The average Bonchev–Trinajstić information content (AvgIpc) is 2.46. The topological polar surface area (TPSA) is 38.9 Å². The van der Waals surface area contributed by atoms with Gasteiger partial charge in [-0.2, -0.15) is 0 Å². The largest absolute Gasteiger partial charge is 1.00 e. The number of hydrogen-bond donors (Lipinski definition) is 1. The van der Waals surface area contributed by atoms with Crippen LogP contribution in [0.2, 0.25) is 0 Å². The van der Waals surface area contributed by atoms with Gasteiger partial charge in [0, 0.05) is 6.54 Å². The summed E-state index contributed by atoms with van der Waals surface area (Å²) >= 11 is 1.66. The Morgan fingerprint density at radius 2 is 2.08 bits per heavy atom. The number of thiazole rings is 1. The van der Waals surface area contributed by atoms with Gasteiger partial charge < -0.3 is 18.1 Å². The van der Waals surface area contributed by atoms with Crippen molar-refractivity contribution in [1.29, 1.82) is 0 Å². The van der Waals surface area contributed by atoms with E-state index in [1.54, 1.807) is 11.3 Å². The van der Waals surface area contributed by atoms with Gasteiger partial charge in [0.2, 0.25) is 0 Å². The second-order valence-corrected chi connectivity index (χ2v) is 3.39. The summed E-state index contributed by atoms with van der Waals surface area (Å²) in [5, 5.41) is 1.01. The highest BCUT2D eigenvalue weighted by molar-refractivity contribution is 7.18. The monoisotopic (exact) mass is 199 g/mol. The molecule has 4 heteroatoms. The molecule has 0 saturated carbocycles. The van der Waals surface area contributed by atoms with Crippen LogP contribution in [0.25, 0.3) is 10.2 Å². The van der Waals surface area contributed by atoms with Gasteiger partial charge in [0.25, 0.3) is 0 Å². The van der Waals surface area contributed by atoms with Crippen molar-refractivity contribution >= 4 is 21.6 Å². The lowest BCUT2D eigenvalue weighted by atomic mass is 10.3. The number of fused-ring (bicyclic) bond motifs is 1. The predicted molar refractivity (Wildman–Crippen MR) is 47.5 cm³/mol. The number of benzene rings is 1. The van der Waals surface area contributed by atoms with E-state index >= 15 is 0 Å². The van der Waals surface area contributed by atoms with Crippen molar-refractivity contribution in [2.24, 2.45) is 5.73 Å². The number of nitrogens with two attached hydrogens (primary N) is 1. The Labute approximate surface area is 80.8 Å². The first-order valence-electron chi connectivity index (χ1n) is 3.44. The van der Waals surface area contributed by atoms with E-state index < -0.39 is 0 Å². The fourth-order valence-corrected chi connectivity index (χ4v) is 1.85. The van der Waals surface area contributed by atoms with Crippen LogP contribution in [0.3, 0.4) is 0 Å². The molecule has 0 aliphatic carbocycles. The van der Waals surface area contributed by atoms with Crippen molar-refractivity contribution in [1.82, 2.24) is 4.98 Å². The van der Waals surface area contributed by atoms with E-state index in [4.69, 9.17) is 5.73 Å². The van der Waals surface area contributed by atoms with E-state index in [1.807, 2.05) is 18.2 Å². The van der Waals surface area contributed by atoms with E-state index in [0.717, 1.165) is 10.5 Å². The predicted octanol–water partition coefficient (Wildman–Crippen LogP) is -1.24. The summed E-state index contributed by atoms with van der Waals surface area (Å²) in [6, 6.07) is 8.07. The highest BCUT2D eigenvalue weighted by Gasteiger charge is 1.98. The molecule has 1 aromatic heterocycles. The molecule has 0 bridgehead atoms. The fourth-order valence-electron chi connectivity index (χ4n) is 1.01. The summed E-state index contributed by atoms with van der Waals surface area (Å²) in [5.41, 5.74) is 6.52. The van der Waals surface area contributed by atoms with Crippen LogP contribution < -0.4 is 18.1 Å². The Morgan fingerprint density at radius 3 is 2.75 bits per heavy atom.